The van der Waals surface area contributed by atoms with Gasteiger partial charge in [0, 0.05) is 53.6 Å². The number of nitrogens with zero attached hydrogens (tertiary/aromatic N) is 3. The molecule has 3 aromatic heterocycles. The van der Waals surface area contributed by atoms with Gasteiger partial charge in [0.05, 0.1) is 11.6 Å². The van der Waals surface area contributed by atoms with Gasteiger partial charge >= 0.3 is 0 Å². The molecular weight excluding hydrogens is 346 g/mol. The molecule has 28 heavy (non-hydrogen) atoms. The van der Waals surface area contributed by atoms with Gasteiger partial charge in [0.15, 0.2) is 0 Å². The number of aromatic nitrogens is 3. The lowest BCUT2D eigenvalue weighted by Crippen LogP contribution is -2.14. The van der Waals surface area contributed by atoms with Crippen LogP contribution in [0.25, 0.3) is 32.9 Å². The first-order chi connectivity index (χ1) is 13.7. The van der Waals surface area contributed by atoms with Crippen LogP contribution in [0.3, 0.4) is 0 Å². The van der Waals surface area contributed by atoms with Crippen molar-refractivity contribution < 1.29 is 4.74 Å². The SMILES string of the molecule is CC.CCC(CC)Oc1ccc(-c2ccc3c4cnccc4n(C)c3c2)cn1. The molecule has 0 saturated heterocycles. The van der Waals surface area contributed by atoms with Crippen LogP contribution in [0.5, 0.6) is 5.88 Å². The molecule has 0 atom stereocenters. The third-order valence-corrected chi connectivity index (χ3v) is 5.08. The molecule has 0 aliphatic heterocycles. The van der Waals surface area contributed by atoms with Crippen LogP contribution in [-0.2, 0) is 7.05 Å². The van der Waals surface area contributed by atoms with Crippen molar-refractivity contribution in [1.29, 1.82) is 0 Å². The smallest absolute Gasteiger partial charge is 0.213 e. The molecule has 4 aromatic rings. The van der Waals surface area contributed by atoms with Crippen LogP contribution in [0.2, 0.25) is 0 Å². The average molecular weight is 376 g/mol. The summed E-state index contributed by atoms with van der Waals surface area (Å²) >= 11 is 0. The third kappa shape index (κ3) is 3.72. The molecule has 0 N–H and O–H groups in total. The van der Waals surface area contributed by atoms with Crippen LogP contribution in [-0.4, -0.2) is 20.6 Å². The fourth-order valence-electron chi connectivity index (χ4n) is 3.48. The lowest BCUT2D eigenvalue weighted by atomic mass is 10.1. The number of benzene rings is 1. The van der Waals surface area contributed by atoms with E-state index in [1.54, 1.807) is 0 Å². The van der Waals surface area contributed by atoms with Gasteiger partial charge in [0.2, 0.25) is 5.88 Å². The topological polar surface area (TPSA) is 39.9 Å². The first-order valence-corrected chi connectivity index (χ1v) is 10.2. The fourth-order valence-corrected chi connectivity index (χ4v) is 3.48. The Morgan fingerprint density at radius 1 is 0.893 bits per heavy atom. The Morgan fingerprint density at radius 2 is 1.64 bits per heavy atom. The zero-order valence-electron chi connectivity index (χ0n) is 17.4. The summed E-state index contributed by atoms with van der Waals surface area (Å²) in [6.07, 6.45) is 7.88. The van der Waals surface area contributed by atoms with E-state index in [1.165, 1.54) is 21.8 Å². The molecule has 0 radical (unpaired) electrons. The number of hydrogen-bond donors (Lipinski definition) is 0. The lowest BCUT2D eigenvalue weighted by molar-refractivity contribution is 0.185. The second-order valence-electron chi connectivity index (χ2n) is 6.63. The number of fused-ring (bicyclic) bond motifs is 3. The van der Waals surface area contributed by atoms with Gasteiger partial charge in [-0.05, 0) is 36.6 Å². The molecule has 4 nitrogen and oxygen atoms in total. The van der Waals surface area contributed by atoms with Crippen molar-refractivity contribution in [3.8, 4) is 17.0 Å². The summed E-state index contributed by atoms with van der Waals surface area (Å²) in [5.41, 5.74) is 4.63. The van der Waals surface area contributed by atoms with E-state index in [4.69, 9.17) is 4.74 Å². The highest BCUT2D eigenvalue weighted by molar-refractivity contribution is 6.08. The van der Waals surface area contributed by atoms with Gasteiger partial charge in [0.1, 0.15) is 0 Å². The molecule has 0 saturated carbocycles. The summed E-state index contributed by atoms with van der Waals surface area (Å²) in [6, 6.07) is 12.6. The Morgan fingerprint density at radius 3 is 2.32 bits per heavy atom. The van der Waals surface area contributed by atoms with Gasteiger partial charge in [-0.3, -0.25) is 4.98 Å². The minimum Gasteiger partial charge on any atom is -0.474 e. The molecule has 0 fully saturated rings. The molecule has 4 rings (SSSR count). The van der Waals surface area contributed by atoms with Crippen molar-refractivity contribution in [2.24, 2.45) is 7.05 Å². The molecule has 4 heteroatoms. The largest absolute Gasteiger partial charge is 0.474 e. The Kier molecular flexibility index (Phi) is 6.30. The summed E-state index contributed by atoms with van der Waals surface area (Å²) in [5.74, 6) is 0.694. The van der Waals surface area contributed by atoms with Gasteiger partial charge in [-0.2, -0.15) is 0 Å². The summed E-state index contributed by atoms with van der Waals surface area (Å²) in [4.78, 5) is 8.76. The summed E-state index contributed by atoms with van der Waals surface area (Å²) in [5, 5.41) is 2.41. The van der Waals surface area contributed by atoms with Crippen LogP contribution in [0.4, 0.5) is 0 Å². The monoisotopic (exact) mass is 375 g/mol. The van der Waals surface area contributed by atoms with E-state index in [-0.39, 0.29) is 6.10 Å². The zero-order valence-corrected chi connectivity index (χ0v) is 17.4. The molecule has 0 amide bonds. The number of pyridine rings is 2. The minimum absolute atomic E-state index is 0.231. The molecule has 146 valence electrons. The zero-order chi connectivity index (χ0) is 20.1. The highest BCUT2D eigenvalue weighted by Gasteiger charge is 2.10. The van der Waals surface area contributed by atoms with Gasteiger partial charge in [-0.15, -0.1) is 0 Å². The Hall–Kier alpha value is -2.88. The first-order valence-electron chi connectivity index (χ1n) is 10.2. The number of ether oxygens (including phenoxy) is 1. The first kappa shape index (κ1) is 19.9. The summed E-state index contributed by atoms with van der Waals surface area (Å²) in [7, 11) is 2.10. The van der Waals surface area contributed by atoms with Crippen LogP contribution in [0, 0.1) is 0 Å². The van der Waals surface area contributed by atoms with Crippen LogP contribution in [0.15, 0.2) is 55.0 Å². The lowest BCUT2D eigenvalue weighted by Gasteiger charge is -2.14. The minimum atomic E-state index is 0.231. The average Bonchev–Trinajstić information content (AvgIpc) is 3.06. The predicted molar refractivity (Wildman–Crippen MR) is 118 cm³/mol. The van der Waals surface area contributed by atoms with E-state index in [9.17, 15) is 0 Å². The molecular formula is C24H29N3O. The maximum Gasteiger partial charge on any atom is 0.213 e. The van der Waals surface area contributed by atoms with Crippen LogP contribution in [0.1, 0.15) is 40.5 Å². The summed E-state index contributed by atoms with van der Waals surface area (Å²) < 4.78 is 8.13. The van der Waals surface area contributed by atoms with E-state index in [2.05, 4.69) is 65.8 Å². The van der Waals surface area contributed by atoms with Crippen molar-refractivity contribution in [3.63, 3.8) is 0 Å². The van der Waals surface area contributed by atoms with Crippen LogP contribution >= 0.6 is 0 Å². The van der Waals surface area contributed by atoms with Crippen molar-refractivity contribution in [3.05, 3.63) is 55.0 Å². The molecule has 3 heterocycles. The van der Waals surface area contributed by atoms with Crippen molar-refractivity contribution in [2.75, 3.05) is 0 Å². The molecule has 0 aliphatic rings. The highest BCUT2D eigenvalue weighted by atomic mass is 16.5. The van der Waals surface area contributed by atoms with E-state index < -0.39 is 0 Å². The van der Waals surface area contributed by atoms with Gasteiger partial charge in [0.25, 0.3) is 0 Å². The molecule has 1 aromatic carbocycles. The Balaban J connectivity index is 0.00000109. The fraction of sp³-hybridized carbons (Fsp3) is 0.333. The van der Waals surface area contributed by atoms with E-state index >= 15 is 0 Å². The second kappa shape index (κ2) is 8.87. The molecule has 0 unspecified atom stereocenters. The maximum atomic E-state index is 5.91. The van der Waals surface area contributed by atoms with Crippen molar-refractivity contribution >= 4 is 21.8 Å². The van der Waals surface area contributed by atoms with Gasteiger partial charge in [-0.1, -0.05) is 39.8 Å². The number of hydrogen-bond acceptors (Lipinski definition) is 3. The predicted octanol–water partition coefficient (Wildman–Crippen LogP) is 6.38. The quantitative estimate of drug-likeness (QED) is 0.406. The molecule has 0 aliphatic carbocycles. The van der Waals surface area contributed by atoms with E-state index in [1.807, 2.05) is 38.5 Å². The molecule has 0 bridgehead atoms. The summed E-state index contributed by atoms with van der Waals surface area (Å²) in [6.45, 7) is 8.27. The molecule has 0 spiro atoms. The van der Waals surface area contributed by atoms with Gasteiger partial charge in [-0.25, -0.2) is 4.98 Å². The normalized spacial score (nSPS) is 10.9. The Bertz CT molecular complexity index is 1050. The standard InChI is InChI=1S/C22H23N3O.C2H6/c1-4-17(5-2)26-22-9-7-16(13-24-22)15-6-8-18-19-14-23-11-10-20(19)25(3)21(18)12-15;1-2/h6-14,17H,4-5H2,1-3H3;1-2H3. The van der Waals surface area contributed by atoms with E-state index in [0.29, 0.717) is 5.88 Å². The number of aryl methyl sites for hydroxylation is 1. The van der Waals surface area contributed by atoms with Crippen molar-refractivity contribution in [2.45, 2.75) is 46.6 Å². The second-order valence-corrected chi connectivity index (χ2v) is 6.63. The Labute approximate surface area is 167 Å². The number of rotatable bonds is 5. The highest BCUT2D eigenvalue weighted by Crippen LogP contribution is 2.31. The third-order valence-electron chi connectivity index (χ3n) is 5.08. The van der Waals surface area contributed by atoms with Crippen LogP contribution < -0.4 is 4.74 Å². The van der Waals surface area contributed by atoms with E-state index in [0.717, 1.165) is 24.0 Å². The van der Waals surface area contributed by atoms with Gasteiger partial charge < -0.3 is 9.30 Å². The van der Waals surface area contributed by atoms with Crippen molar-refractivity contribution in [1.82, 2.24) is 14.5 Å². The maximum absolute atomic E-state index is 5.91.